The molecular weight excluding hydrogens is 403 g/mol. The normalized spacial score (nSPS) is 11.2. The van der Waals surface area contributed by atoms with E-state index in [0.29, 0.717) is 17.8 Å². The Hall–Kier alpha value is -3.30. The molecule has 2 aromatic rings. The monoisotopic (exact) mass is 425 g/mol. The van der Waals surface area contributed by atoms with Crippen LogP contribution in [-0.4, -0.2) is 35.5 Å². The number of ketones is 1. The number of urea groups is 1. The number of carbonyl (C=O) groups is 3. The molecule has 2 rings (SSSR count). The number of carbonyl (C=O) groups excluding carboxylic acids is 3. The number of halogens is 3. The van der Waals surface area contributed by atoms with Crippen molar-refractivity contribution in [1.29, 1.82) is 0 Å². The molecule has 0 spiro atoms. The molecule has 30 heavy (non-hydrogen) atoms. The summed E-state index contributed by atoms with van der Waals surface area (Å²) >= 11 is 0. The smallest absolute Gasteiger partial charge is 0.416 e. The number of ether oxygens (including phenoxy) is 1. The van der Waals surface area contributed by atoms with Gasteiger partial charge < -0.3 is 20.4 Å². The average molecular weight is 425 g/mol. The summed E-state index contributed by atoms with van der Waals surface area (Å²) in [7, 11) is 0. The Morgan fingerprint density at radius 3 is 2.50 bits per heavy atom. The molecule has 1 aromatic carbocycles. The van der Waals surface area contributed by atoms with Gasteiger partial charge in [-0.05, 0) is 44.5 Å². The van der Waals surface area contributed by atoms with Crippen molar-refractivity contribution in [3.05, 3.63) is 52.8 Å². The van der Waals surface area contributed by atoms with Gasteiger partial charge in [0.25, 0.3) is 0 Å². The van der Waals surface area contributed by atoms with Crippen molar-refractivity contribution in [1.82, 2.24) is 9.88 Å². The zero-order chi connectivity index (χ0) is 22.5. The second kappa shape index (κ2) is 9.47. The molecule has 0 radical (unpaired) electrons. The first-order valence-electron chi connectivity index (χ1n) is 9.09. The highest BCUT2D eigenvalue weighted by Gasteiger charge is 2.31. The number of primary amides is 1. The van der Waals surface area contributed by atoms with E-state index in [-0.39, 0.29) is 24.2 Å². The maximum absolute atomic E-state index is 13.0. The van der Waals surface area contributed by atoms with Crippen LogP contribution in [0.5, 0.6) is 0 Å². The molecule has 7 nitrogen and oxygen atoms in total. The number of hydrogen-bond acceptors (Lipinski definition) is 4. The second-order valence-electron chi connectivity index (χ2n) is 6.65. The SMILES string of the molecule is Cc1cc(C(=O)COC(=O)CCCNC(N)=O)c(C)n1-c1cccc(C(F)(F)F)c1. The summed E-state index contributed by atoms with van der Waals surface area (Å²) in [6.07, 6.45) is -4.18. The van der Waals surface area contributed by atoms with E-state index >= 15 is 0 Å². The van der Waals surface area contributed by atoms with E-state index in [2.05, 4.69) is 5.32 Å². The van der Waals surface area contributed by atoms with E-state index in [1.807, 2.05) is 0 Å². The summed E-state index contributed by atoms with van der Waals surface area (Å²) in [4.78, 5) is 34.7. The molecule has 10 heteroatoms. The lowest BCUT2D eigenvalue weighted by Gasteiger charge is -2.13. The largest absolute Gasteiger partial charge is 0.457 e. The van der Waals surface area contributed by atoms with E-state index in [1.165, 1.54) is 12.1 Å². The Bertz CT molecular complexity index is 951. The standard InChI is InChI=1S/C20H22F3N3O4/c1-12-9-16(17(27)11-30-18(28)7-4-8-25-19(24)29)13(2)26(12)15-6-3-5-14(10-15)20(21,22)23/h3,5-6,9-10H,4,7-8,11H2,1-2H3,(H3,24,25,29). The first-order valence-corrected chi connectivity index (χ1v) is 9.09. The molecule has 0 bridgehead atoms. The Morgan fingerprint density at radius 1 is 1.17 bits per heavy atom. The fourth-order valence-electron chi connectivity index (χ4n) is 3.00. The maximum Gasteiger partial charge on any atom is 0.416 e. The van der Waals surface area contributed by atoms with E-state index in [4.69, 9.17) is 10.5 Å². The summed E-state index contributed by atoms with van der Waals surface area (Å²) in [5.41, 5.74) is 5.66. The summed E-state index contributed by atoms with van der Waals surface area (Å²) in [6.45, 7) is 2.99. The number of aromatic nitrogens is 1. The third-order valence-corrected chi connectivity index (χ3v) is 4.38. The van der Waals surface area contributed by atoms with Gasteiger partial charge in [0, 0.05) is 35.6 Å². The third kappa shape index (κ3) is 5.85. The van der Waals surface area contributed by atoms with Crippen LogP contribution in [0.1, 0.15) is 40.2 Å². The fourth-order valence-corrected chi connectivity index (χ4v) is 3.00. The summed E-state index contributed by atoms with van der Waals surface area (Å²) in [5.74, 6) is -1.08. The van der Waals surface area contributed by atoms with Crippen molar-refractivity contribution < 1.29 is 32.3 Å². The zero-order valence-corrected chi connectivity index (χ0v) is 16.5. The van der Waals surface area contributed by atoms with Gasteiger partial charge in [0.05, 0.1) is 5.56 Å². The molecule has 0 atom stereocenters. The quantitative estimate of drug-likeness (QED) is 0.385. The maximum atomic E-state index is 13.0. The molecule has 0 unspecified atom stereocenters. The van der Waals surface area contributed by atoms with Crippen LogP contribution in [0.2, 0.25) is 0 Å². The van der Waals surface area contributed by atoms with Crippen LogP contribution in [0, 0.1) is 13.8 Å². The first-order chi connectivity index (χ1) is 14.0. The van der Waals surface area contributed by atoms with Crippen LogP contribution in [-0.2, 0) is 15.7 Å². The topological polar surface area (TPSA) is 103 Å². The van der Waals surface area contributed by atoms with Gasteiger partial charge in [0.15, 0.2) is 6.61 Å². The predicted molar refractivity (Wildman–Crippen MR) is 102 cm³/mol. The van der Waals surface area contributed by atoms with Gasteiger partial charge in [0.2, 0.25) is 5.78 Å². The van der Waals surface area contributed by atoms with Crippen molar-refractivity contribution in [2.45, 2.75) is 32.9 Å². The number of Topliss-reactive ketones (excluding diaryl/α,β-unsaturated/α-hetero) is 1. The lowest BCUT2D eigenvalue weighted by Crippen LogP contribution is -2.30. The van der Waals surface area contributed by atoms with E-state index in [9.17, 15) is 27.6 Å². The predicted octanol–water partition coefficient (Wildman–Crippen LogP) is 3.29. The Morgan fingerprint density at radius 2 is 1.87 bits per heavy atom. The number of esters is 1. The highest BCUT2D eigenvalue weighted by Crippen LogP contribution is 2.31. The van der Waals surface area contributed by atoms with Crippen molar-refractivity contribution in [3.8, 4) is 5.69 Å². The van der Waals surface area contributed by atoms with Crippen molar-refractivity contribution in [2.75, 3.05) is 13.2 Å². The van der Waals surface area contributed by atoms with Gasteiger partial charge >= 0.3 is 18.2 Å². The zero-order valence-electron chi connectivity index (χ0n) is 16.5. The van der Waals surface area contributed by atoms with Crippen LogP contribution >= 0.6 is 0 Å². The van der Waals surface area contributed by atoms with Crippen molar-refractivity contribution in [2.24, 2.45) is 5.73 Å². The molecular formula is C20H22F3N3O4. The van der Waals surface area contributed by atoms with Gasteiger partial charge in [-0.2, -0.15) is 13.2 Å². The van der Waals surface area contributed by atoms with Gasteiger partial charge in [-0.1, -0.05) is 6.07 Å². The van der Waals surface area contributed by atoms with E-state index in [0.717, 1.165) is 12.1 Å². The second-order valence-corrected chi connectivity index (χ2v) is 6.65. The van der Waals surface area contributed by atoms with Crippen LogP contribution < -0.4 is 11.1 Å². The number of benzene rings is 1. The lowest BCUT2D eigenvalue weighted by molar-refractivity contribution is -0.142. The number of alkyl halides is 3. The minimum Gasteiger partial charge on any atom is -0.457 e. The van der Waals surface area contributed by atoms with Gasteiger partial charge in [-0.25, -0.2) is 4.79 Å². The van der Waals surface area contributed by atoms with Crippen LogP contribution in [0.3, 0.4) is 0 Å². The molecule has 2 amide bonds. The molecule has 0 saturated heterocycles. The molecule has 3 N–H and O–H groups in total. The summed E-state index contributed by atoms with van der Waals surface area (Å²) in [6, 6.07) is 5.64. The molecule has 0 aliphatic carbocycles. The third-order valence-electron chi connectivity index (χ3n) is 4.38. The van der Waals surface area contributed by atoms with E-state index < -0.39 is 36.1 Å². The summed E-state index contributed by atoms with van der Waals surface area (Å²) in [5, 5.41) is 2.33. The number of amides is 2. The number of aryl methyl sites for hydroxylation is 1. The average Bonchev–Trinajstić information content (AvgIpc) is 2.97. The Kier molecular flexibility index (Phi) is 7.25. The number of nitrogens with zero attached hydrogens (tertiary/aromatic N) is 1. The van der Waals surface area contributed by atoms with Crippen molar-refractivity contribution in [3.63, 3.8) is 0 Å². The van der Waals surface area contributed by atoms with Crippen molar-refractivity contribution >= 4 is 17.8 Å². The number of rotatable bonds is 8. The molecule has 0 aliphatic rings. The first kappa shape index (κ1) is 23.0. The van der Waals surface area contributed by atoms with Gasteiger partial charge in [0.1, 0.15) is 0 Å². The molecule has 1 aromatic heterocycles. The number of nitrogens with one attached hydrogen (secondary N) is 1. The van der Waals surface area contributed by atoms with Crippen LogP contribution in [0.4, 0.5) is 18.0 Å². The highest BCUT2D eigenvalue weighted by atomic mass is 19.4. The van der Waals surface area contributed by atoms with E-state index in [1.54, 1.807) is 24.5 Å². The lowest BCUT2D eigenvalue weighted by atomic mass is 10.1. The number of nitrogens with two attached hydrogens (primary N) is 1. The fraction of sp³-hybridized carbons (Fsp3) is 0.350. The minimum absolute atomic E-state index is 0.00316. The summed E-state index contributed by atoms with van der Waals surface area (Å²) < 4.78 is 45.5. The molecule has 162 valence electrons. The Balaban J connectivity index is 2.07. The molecule has 0 fully saturated rings. The minimum atomic E-state index is -4.48. The highest BCUT2D eigenvalue weighted by molar-refractivity contribution is 5.99. The molecule has 0 aliphatic heterocycles. The van der Waals surface area contributed by atoms with Gasteiger partial charge in [-0.15, -0.1) is 0 Å². The van der Waals surface area contributed by atoms with Crippen LogP contribution in [0.15, 0.2) is 30.3 Å². The molecule has 0 saturated carbocycles. The van der Waals surface area contributed by atoms with Gasteiger partial charge in [-0.3, -0.25) is 9.59 Å². The molecule has 1 heterocycles. The van der Waals surface area contributed by atoms with Crippen LogP contribution in [0.25, 0.3) is 5.69 Å². The Labute approximate surface area is 171 Å². The number of hydrogen-bond donors (Lipinski definition) is 2.